The molecule has 0 unspecified atom stereocenters. The molecule has 0 bridgehead atoms. The van der Waals surface area contributed by atoms with Gasteiger partial charge in [0.1, 0.15) is 0 Å². The number of fused-ring (bicyclic) bond motifs is 2. The third-order valence-corrected chi connectivity index (χ3v) is 8.07. The molecule has 2 heteroatoms. The minimum atomic E-state index is 0.835. The fourth-order valence-corrected chi connectivity index (χ4v) is 5.76. The summed E-state index contributed by atoms with van der Waals surface area (Å²) in [6.45, 7) is 0. The maximum absolute atomic E-state index is 2.38. The molecule has 0 spiro atoms. The smallest absolute Gasteiger partial charge is 0.0467 e. The van der Waals surface area contributed by atoms with Gasteiger partial charge in [0.2, 0.25) is 0 Å². The van der Waals surface area contributed by atoms with Crippen LogP contribution in [0.4, 0.5) is 17.1 Å². The predicted octanol–water partition coefficient (Wildman–Crippen LogP) is 10.7. The molecular weight excluding hydrogens is 508 g/mol. The third kappa shape index (κ3) is 5.11. The molecule has 6 aromatic rings. The molecule has 7 rings (SSSR count). The highest BCUT2D eigenvalue weighted by molar-refractivity contribution is 5.91. The van der Waals surface area contributed by atoms with Crippen LogP contribution in [0, 0.1) is 0 Å². The van der Waals surface area contributed by atoms with Gasteiger partial charge in [-0.05, 0) is 87.6 Å². The highest BCUT2D eigenvalue weighted by Crippen LogP contribution is 2.36. The summed E-state index contributed by atoms with van der Waals surface area (Å²) in [6, 6.07) is 49.9. The molecule has 0 aliphatic heterocycles. The molecule has 0 saturated heterocycles. The van der Waals surface area contributed by atoms with E-state index >= 15 is 0 Å². The first-order valence-corrected chi connectivity index (χ1v) is 14.5. The summed E-state index contributed by atoms with van der Waals surface area (Å²) >= 11 is 0. The van der Waals surface area contributed by atoms with Gasteiger partial charge in [-0.3, -0.25) is 0 Å². The summed E-state index contributed by atoms with van der Waals surface area (Å²) in [5, 5.41) is 4.95. The van der Waals surface area contributed by atoms with E-state index in [4.69, 9.17) is 0 Å². The van der Waals surface area contributed by atoms with Gasteiger partial charge < -0.3 is 9.80 Å². The average molecular weight is 541 g/mol. The van der Waals surface area contributed by atoms with Crippen molar-refractivity contribution in [3.8, 4) is 11.1 Å². The lowest BCUT2D eigenvalue weighted by Gasteiger charge is -2.27. The first kappa shape index (κ1) is 25.6. The lowest BCUT2D eigenvalue weighted by Crippen LogP contribution is -2.16. The Balaban J connectivity index is 1.22. The summed E-state index contributed by atoms with van der Waals surface area (Å²) in [7, 11) is 2.14. The Hall–Kier alpha value is -5.34. The van der Waals surface area contributed by atoms with E-state index in [-0.39, 0.29) is 0 Å². The van der Waals surface area contributed by atoms with Crippen LogP contribution in [0.2, 0.25) is 0 Å². The summed E-state index contributed by atoms with van der Waals surface area (Å²) in [6.07, 6.45) is 9.94. The van der Waals surface area contributed by atoms with Gasteiger partial charge in [-0.1, -0.05) is 115 Å². The molecule has 0 heterocycles. The molecule has 0 aromatic heterocycles. The minimum absolute atomic E-state index is 0.835. The highest BCUT2D eigenvalue weighted by atomic mass is 15.1. The zero-order valence-electron chi connectivity index (χ0n) is 23.7. The highest BCUT2D eigenvalue weighted by Gasteiger charge is 2.16. The standard InChI is InChI=1S/C40H32N2/c1-41(37-22-18-33(19-23-37)30-10-3-2-4-11-30)36-16-9-17-38(27-26-36)42(39-24-20-31-12-5-7-14-34(31)28-39)40-25-21-32-13-6-8-15-35(32)29-40/h2-8,10-29H,9H2,1H3. The third-order valence-electron chi connectivity index (χ3n) is 8.07. The Bertz CT molecular complexity index is 1880. The van der Waals surface area contributed by atoms with Crippen molar-refractivity contribution in [1.29, 1.82) is 0 Å². The lowest BCUT2D eigenvalue weighted by atomic mass is 10.1. The van der Waals surface area contributed by atoms with E-state index in [1.54, 1.807) is 0 Å². The zero-order valence-corrected chi connectivity index (χ0v) is 23.7. The number of hydrogen-bond acceptors (Lipinski definition) is 2. The number of likely N-dealkylation sites (N-methyl/N-ethyl adjacent to an activating group) is 1. The lowest BCUT2D eigenvalue weighted by molar-refractivity contribution is 1.12. The maximum Gasteiger partial charge on any atom is 0.0467 e. The van der Waals surface area contributed by atoms with E-state index in [1.807, 2.05) is 0 Å². The van der Waals surface area contributed by atoms with Crippen molar-refractivity contribution in [3.63, 3.8) is 0 Å². The van der Waals surface area contributed by atoms with Crippen molar-refractivity contribution in [2.75, 3.05) is 16.8 Å². The van der Waals surface area contributed by atoms with Crippen molar-refractivity contribution in [1.82, 2.24) is 0 Å². The summed E-state index contributed by atoms with van der Waals surface area (Å²) in [4.78, 5) is 4.64. The van der Waals surface area contributed by atoms with E-state index in [1.165, 1.54) is 38.4 Å². The van der Waals surface area contributed by atoms with E-state index in [9.17, 15) is 0 Å². The Labute approximate surface area is 247 Å². The van der Waals surface area contributed by atoms with E-state index in [2.05, 4.69) is 181 Å². The Morgan fingerprint density at radius 3 is 1.52 bits per heavy atom. The van der Waals surface area contributed by atoms with E-state index in [0.717, 1.165) is 29.2 Å². The van der Waals surface area contributed by atoms with Crippen molar-refractivity contribution >= 4 is 38.6 Å². The first-order chi connectivity index (χ1) is 20.7. The zero-order chi connectivity index (χ0) is 28.3. The maximum atomic E-state index is 2.38. The summed E-state index contributed by atoms with van der Waals surface area (Å²) in [5.74, 6) is 0. The van der Waals surface area contributed by atoms with Crippen LogP contribution in [-0.4, -0.2) is 7.05 Å². The van der Waals surface area contributed by atoms with Crippen molar-refractivity contribution < 1.29 is 0 Å². The number of benzene rings is 6. The van der Waals surface area contributed by atoms with Crippen LogP contribution < -0.4 is 9.80 Å². The van der Waals surface area contributed by atoms with Crippen LogP contribution in [0.5, 0.6) is 0 Å². The van der Waals surface area contributed by atoms with Crippen LogP contribution in [-0.2, 0) is 0 Å². The molecule has 202 valence electrons. The minimum Gasteiger partial charge on any atom is -0.345 e. The molecule has 0 fully saturated rings. The van der Waals surface area contributed by atoms with Crippen LogP contribution in [0.15, 0.2) is 175 Å². The van der Waals surface area contributed by atoms with Gasteiger partial charge in [-0.25, -0.2) is 0 Å². The largest absolute Gasteiger partial charge is 0.345 e. The fourth-order valence-electron chi connectivity index (χ4n) is 5.76. The van der Waals surface area contributed by atoms with Gasteiger partial charge in [0.05, 0.1) is 0 Å². The monoisotopic (exact) mass is 540 g/mol. The second kappa shape index (κ2) is 11.3. The normalized spacial score (nSPS) is 13.0. The number of hydrogen-bond donors (Lipinski definition) is 0. The molecule has 0 radical (unpaired) electrons. The van der Waals surface area contributed by atoms with Gasteiger partial charge in [0.25, 0.3) is 0 Å². The molecule has 1 aliphatic carbocycles. The van der Waals surface area contributed by atoms with E-state index in [0.29, 0.717) is 0 Å². The second-order valence-corrected chi connectivity index (χ2v) is 10.7. The van der Waals surface area contributed by atoms with Gasteiger partial charge in [-0.15, -0.1) is 0 Å². The molecule has 0 amide bonds. The van der Waals surface area contributed by atoms with Gasteiger partial charge in [-0.2, -0.15) is 0 Å². The summed E-state index contributed by atoms with van der Waals surface area (Å²) in [5.41, 5.74) is 8.24. The first-order valence-electron chi connectivity index (χ1n) is 14.5. The number of allylic oxidation sites excluding steroid dienone is 4. The van der Waals surface area contributed by atoms with Crippen LogP contribution in [0.3, 0.4) is 0 Å². The van der Waals surface area contributed by atoms with Crippen LogP contribution >= 0.6 is 0 Å². The molecule has 0 N–H and O–H groups in total. The van der Waals surface area contributed by atoms with E-state index < -0.39 is 0 Å². The molecule has 1 aliphatic rings. The molecule has 0 saturated carbocycles. The SMILES string of the molecule is CN(C1=CCC=C(N(c2ccc3ccccc3c2)c2ccc3ccccc3c2)C=C1)c1ccc(-c2ccccc2)cc1. The Morgan fingerprint density at radius 2 is 0.905 bits per heavy atom. The van der Waals surface area contributed by atoms with Crippen molar-refractivity contribution in [2.45, 2.75) is 6.42 Å². The molecule has 6 aromatic carbocycles. The van der Waals surface area contributed by atoms with Gasteiger partial charge >= 0.3 is 0 Å². The van der Waals surface area contributed by atoms with Crippen LogP contribution in [0.1, 0.15) is 6.42 Å². The average Bonchev–Trinajstić information content (AvgIpc) is 3.31. The number of nitrogens with zero attached hydrogens (tertiary/aromatic N) is 2. The van der Waals surface area contributed by atoms with Crippen LogP contribution in [0.25, 0.3) is 32.7 Å². The summed E-state index contributed by atoms with van der Waals surface area (Å²) < 4.78 is 0. The molecule has 0 atom stereocenters. The molecular formula is C40H32N2. The molecule has 2 nitrogen and oxygen atoms in total. The Morgan fingerprint density at radius 1 is 0.429 bits per heavy atom. The fraction of sp³-hybridized carbons (Fsp3) is 0.0500. The van der Waals surface area contributed by atoms with Gasteiger partial charge in [0, 0.05) is 35.5 Å². The van der Waals surface area contributed by atoms with Crippen molar-refractivity contribution in [2.24, 2.45) is 0 Å². The second-order valence-electron chi connectivity index (χ2n) is 10.7. The topological polar surface area (TPSA) is 6.48 Å². The Kier molecular flexibility index (Phi) is 6.87. The van der Waals surface area contributed by atoms with Crippen molar-refractivity contribution in [3.05, 3.63) is 175 Å². The quantitative estimate of drug-likeness (QED) is 0.207. The number of anilines is 3. The number of rotatable bonds is 6. The molecule has 42 heavy (non-hydrogen) atoms. The van der Waals surface area contributed by atoms with Gasteiger partial charge in [0.15, 0.2) is 0 Å². The predicted molar refractivity (Wildman–Crippen MR) is 180 cm³/mol.